The summed E-state index contributed by atoms with van der Waals surface area (Å²) in [4.78, 5) is 19.1. The van der Waals surface area contributed by atoms with Gasteiger partial charge in [0.2, 0.25) is 0 Å². The summed E-state index contributed by atoms with van der Waals surface area (Å²) in [5.41, 5.74) is 2.45. The third-order valence-corrected chi connectivity index (χ3v) is 4.11. The van der Waals surface area contributed by atoms with Gasteiger partial charge in [0.1, 0.15) is 6.16 Å². The number of unbranched alkanes of at least 4 members (excludes halogenated alkanes) is 1. The summed E-state index contributed by atoms with van der Waals surface area (Å²) in [6.07, 6.45) is 3.53. The quantitative estimate of drug-likeness (QED) is 0.767. The van der Waals surface area contributed by atoms with Crippen molar-refractivity contribution < 1.29 is 14.3 Å². The molecule has 1 aromatic rings. The van der Waals surface area contributed by atoms with E-state index < -0.39 is 7.94 Å². The van der Waals surface area contributed by atoms with Crippen LogP contribution in [0.25, 0.3) is 0 Å². The monoisotopic (exact) mass is 257 g/mol. The van der Waals surface area contributed by atoms with Crippen LogP contribution in [0.3, 0.4) is 0 Å². The number of hydrogen-bond acceptors (Lipinski definition) is 3. The zero-order chi connectivity index (χ0) is 12.9. The summed E-state index contributed by atoms with van der Waals surface area (Å²) < 4.78 is 5.25. The van der Waals surface area contributed by atoms with E-state index in [4.69, 9.17) is 4.52 Å². The van der Waals surface area contributed by atoms with Gasteiger partial charge in [0.05, 0.1) is 0 Å². The van der Waals surface area contributed by atoms with Crippen molar-refractivity contribution >= 4 is 7.94 Å². The minimum absolute atomic E-state index is 0.241. The van der Waals surface area contributed by atoms with E-state index in [1.54, 1.807) is 13.0 Å². The van der Waals surface area contributed by atoms with Gasteiger partial charge in [-0.25, -0.2) is 0 Å². The van der Waals surface area contributed by atoms with Gasteiger partial charge in [0.15, 0.2) is 5.75 Å². The van der Waals surface area contributed by atoms with Gasteiger partial charge in [-0.3, -0.25) is 4.52 Å². The molecule has 0 unspecified atom stereocenters. The minimum Gasteiger partial charge on any atom is -0.287 e. The van der Waals surface area contributed by atoms with E-state index in [2.05, 4.69) is 13.8 Å². The standard InChI is InChI=1S/C13H22O3P/c1-4-6-7-12-10-13(9-8-11(12)3)16-17(14,15)5-2/h8-10,14-15H,4-7H2,1-3H3/q+1. The summed E-state index contributed by atoms with van der Waals surface area (Å²) in [5, 5.41) is 0. The summed E-state index contributed by atoms with van der Waals surface area (Å²) in [6, 6.07) is 5.68. The van der Waals surface area contributed by atoms with Gasteiger partial charge >= 0.3 is 7.94 Å². The molecule has 3 nitrogen and oxygen atoms in total. The Hall–Kier alpha value is -0.630. The topological polar surface area (TPSA) is 49.7 Å². The largest absolute Gasteiger partial charge is 0.451 e. The molecule has 96 valence electrons. The Morgan fingerprint density at radius 3 is 2.53 bits per heavy atom. The van der Waals surface area contributed by atoms with Crippen LogP contribution in [0.2, 0.25) is 0 Å². The smallest absolute Gasteiger partial charge is 0.287 e. The van der Waals surface area contributed by atoms with E-state index in [-0.39, 0.29) is 6.16 Å². The van der Waals surface area contributed by atoms with Crippen LogP contribution >= 0.6 is 7.94 Å². The molecular weight excluding hydrogens is 235 g/mol. The highest BCUT2D eigenvalue weighted by molar-refractivity contribution is 7.59. The molecule has 0 radical (unpaired) electrons. The van der Waals surface area contributed by atoms with Gasteiger partial charge in [-0.2, -0.15) is 9.79 Å². The second-order valence-corrected chi connectivity index (χ2v) is 6.41. The van der Waals surface area contributed by atoms with Gasteiger partial charge in [0.25, 0.3) is 0 Å². The lowest BCUT2D eigenvalue weighted by molar-refractivity contribution is 0.340. The predicted molar refractivity (Wildman–Crippen MR) is 72.3 cm³/mol. The first-order chi connectivity index (χ1) is 7.98. The minimum atomic E-state index is -3.21. The van der Waals surface area contributed by atoms with Gasteiger partial charge in [0, 0.05) is 0 Å². The molecule has 0 heterocycles. The van der Waals surface area contributed by atoms with Crippen LogP contribution in [-0.4, -0.2) is 15.9 Å². The van der Waals surface area contributed by atoms with Crippen molar-refractivity contribution in [2.75, 3.05) is 6.16 Å². The highest BCUT2D eigenvalue weighted by Crippen LogP contribution is 2.50. The molecule has 17 heavy (non-hydrogen) atoms. The fourth-order valence-corrected chi connectivity index (χ4v) is 2.15. The molecule has 2 N–H and O–H groups in total. The second kappa shape index (κ2) is 6.34. The molecule has 0 aliphatic rings. The Morgan fingerprint density at radius 1 is 1.24 bits per heavy atom. The van der Waals surface area contributed by atoms with E-state index >= 15 is 0 Å². The van der Waals surface area contributed by atoms with E-state index in [1.165, 1.54) is 11.1 Å². The van der Waals surface area contributed by atoms with Crippen LogP contribution in [0.4, 0.5) is 0 Å². The second-order valence-electron chi connectivity index (χ2n) is 4.26. The lowest BCUT2D eigenvalue weighted by Gasteiger charge is -2.12. The van der Waals surface area contributed by atoms with Crippen LogP contribution in [0.15, 0.2) is 18.2 Å². The highest BCUT2D eigenvalue weighted by Gasteiger charge is 2.34. The third-order valence-electron chi connectivity index (χ3n) is 2.78. The van der Waals surface area contributed by atoms with Crippen molar-refractivity contribution in [1.29, 1.82) is 0 Å². The Kier molecular flexibility index (Phi) is 5.38. The summed E-state index contributed by atoms with van der Waals surface area (Å²) >= 11 is 0. The average Bonchev–Trinajstić information content (AvgIpc) is 2.29. The normalized spacial score (nSPS) is 11.6. The van der Waals surface area contributed by atoms with Crippen LogP contribution in [0, 0.1) is 6.92 Å². The van der Waals surface area contributed by atoms with Crippen molar-refractivity contribution in [2.24, 2.45) is 0 Å². The Labute approximate surface area is 104 Å². The van der Waals surface area contributed by atoms with Crippen molar-refractivity contribution in [3.63, 3.8) is 0 Å². The van der Waals surface area contributed by atoms with Crippen LogP contribution in [-0.2, 0) is 6.42 Å². The molecule has 4 heteroatoms. The Bertz CT molecular complexity index is 364. The number of hydrogen-bond donors (Lipinski definition) is 2. The van der Waals surface area contributed by atoms with Crippen molar-refractivity contribution in [1.82, 2.24) is 0 Å². The van der Waals surface area contributed by atoms with Crippen molar-refractivity contribution in [2.45, 2.75) is 40.0 Å². The van der Waals surface area contributed by atoms with Gasteiger partial charge in [-0.05, 0) is 49.9 Å². The third kappa shape index (κ3) is 4.63. The van der Waals surface area contributed by atoms with Crippen molar-refractivity contribution in [3.05, 3.63) is 29.3 Å². The summed E-state index contributed by atoms with van der Waals surface area (Å²) in [6.45, 7) is 5.93. The lowest BCUT2D eigenvalue weighted by Crippen LogP contribution is -2.02. The zero-order valence-electron chi connectivity index (χ0n) is 10.8. The van der Waals surface area contributed by atoms with E-state index in [0.29, 0.717) is 5.75 Å². The molecule has 0 fully saturated rings. The first kappa shape index (κ1) is 14.4. The predicted octanol–water partition coefficient (Wildman–Crippen LogP) is 3.48. The number of aryl methyl sites for hydroxylation is 2. The molecule has 0 saturated heterocycles. The van der Waals surface area contributed by atoms with Gasteiger partial charge < -0.3 is 0 Å². The number of rotatable bonds is 6. The molecule has 0 aliphatic carbocycles. The molecule has 0 aliphatic heterocycles. The van der Waals surface area contributed by atoms with E-state index in [1.807, 2.05) is 12.1 Å². The highest BCUT2D eigenvalue weighted by atomic mass is 31.2. The zero-order valence-corrected chi connectivity index (χ0v) is 11.7. The Morgan fingerprint density at radius 2 is 1.94 bits per heavy atom. The van der Waals surface area contributed by atoms with Crippen molar-refractivity contribution in [3.8, 4) is 5.75 Å². The molecule has 1 rings (SSSR count). The van der Waals surface area contributed by atoms with Gasteiger partial charge in [-0.15, -0.1) is 0 Å². The molecule has 0 bridgehead atoms. The fraction of sp³-hybridized carbons (Fsp3) is 0.538. The molecular formula is C13H22O3P+. The molecule has 0 atom stereocenters. The van der Waals surface area contributed by atoms with Gasteiger partial charge in [-0.1, -0.05) is 19.4 Å². The molecule has 1 aromatic carbocycles. The maximum absolute atomic E-state index is 9.56. The fourth-order valence-electron chi connectivity index (χ4n) is 1.57. The SMILES string of the molecule is CCCCc1cc(O[P+](O)(O)CC)ccc1C. The molecule has 0 spiro atoms. The number of benzene rings is 1. The Balaban J connectivity index is 2.81. The average molecular weight is 257 g/mol. The van der Waals surface area contributed by atoms with Crippen LogP contribution in [0.5, 0.6) is 5.75 Å². The lowest BCUT2D eigenvalue weighted by atomic mass is 10.0. The summed E-state index contributed by atoms with van der Waals surface area (Å²) in [7, 11) is -3.21. The summed E-state index contributed by atoms with van der Waals surface area (Å²) in [5.74, 6) is 0.557. The molecule has 0 aromatic heterocycles. The molecule has 0 amide bonds. The van der Waals surface area contributed by atoms with E-state index in [9.17, 15) is 9.79 Å². The maximum atomic E-state index is 9.56. The van der Waals surface area contributed by atoms with Crippen LogP contribution < -0.4 is 4.52 Å². The van der Waals surface area contributed by atoms with E-state index in [0.717, 1.165) is 19.3 Å². The first-order valence-corrected chi connectivity index (χ1v) is 7.91. The molecule has 0 saturated carbocycles. The van der Waals surface area contributed by atoms with Crippen LogP contribution in [0.1, 0.15) is 37.8 Å². The first-order valence-electron chi connectivity index (χ1n) is 6.11. The maximum Gasteiger partial charge on any atom is 0.451 e.